The van der Waals surface area contributed by atoms with Crippen molar-refractivity contribution in [1.29, 1.82) is 0 Å². The maximum Gasteiger partial charge on any atom is 0.144 e. The highest BCUT2D eigenvalue weighted by Crippen LogP contribution is 2.29. The Kier molecular flexibility index (Phi) is 3.27. The van der Waals surface area contributed by atoms with E-state index in [1.54, 1.807) is 6.20 Å². The van der Waals surface area contributed by atoms with Crippen LogP contribution in [-0.4, -0.2) is 4.98 Å². The second-order valence-electron chi connectivity index (χ2n) is 4.45. The van der Waals surface area contributed by atoms with Crippen molar-refractivity contribution in [3.63, 3.8) is 0 Å². The van der Waals surface area contributed by atoms with Gasteiger partial charge < -0.3 is 5.32 Å². The van der Waals surface area contributed by atoms with Crippen molar-refractivity contribution in [3.05, 3.63) is 51.1 Å². The first kappa shape index (κ1) is 12.0. The minimum absolute atomic E-state index is 0.626. The lowest BCUT2D eigenvalue weighted by molar-refractivity contribution is 0.912. The Balaban J connectivity index is 1.88. The normalized spacial score (nSPS) is 13.4. The Morgan fingerprint density at radius 2 is 2.00 bits per heavy atom. The maximum atomic E-state index is 5.88. The molecular weight excluding hydrogens is 312 g/mol. The molecule has 1 aromatic carbocycles. The molecule has 0 spiro atoms. The lowest BCUT2D eigenvalue weighted by atomic mass is 10.1. The molecule has 0 radical (unpaired) electrons. The number of aryl methyl sites for hydroxylation is 2. The third-order valence-electron chi connectivity index (χ3n) is 3.17. The third-order valence-corrected chi connectivity index (χ3v) is 3.98. The summed E-state index contributed by atoms with van der Waals surface area (Å²) >= 11 is 9.33. The Hall–Kier alpha value is -1.06. The highest BCUT2D eigenvalue weighted by molar-refractivity contribution is 9.10. The van der Waals surface area contributed by atoms with Gasteiger partial charge in [-0.25, -0.2) is 4.98 Å². The molecule has 1 aliphatic rings. The fourth-order valence-electron chi connectivity index (χ4n) is 2.29. The largest absolute Gasteiger partial charge is 0.339 e. The molecule has 18 heavy (non-hydrogen) atoms. The molecule has 0 saturated heterocycles. The topological polar surface area (TPSA) is 24.9 Å². The van der Waals surface area contributed by atoms with E-state index in [2.05, 4.69) is 44.4 Å². The predicted molar refractivity (Wildman–Crippen MR) is 78.7 cm³/mol. The van der Waals surface area contributed by atoms with Gasteiger partial charge in [-0.3, -0.25) is 0 Å². The number of fused-ring (bicyclic) bond motifs is 1. The number of hydrogen-bond acceptors (Lipinski definition) is 2. The molecule has 1 aliphatic carbocycles. The van der Waals surface area contributed by atoms with Crippen LogP contribution in [0.15, 0.2) is 34.9 Å². The van der Waals surface area contributed by atoms with E-state index in [1.807, 2.05) is 6.07 Å². The summed E-state index contributed by atoms with van der Waals surface area (Å²) in [6.45, 7) is 0. The van der Waals surface area contributed by atoms with Crippen LogP contribution in [0.4, 0.5) is 11.5 Å². The molecule has 0 saturated carbocycles. The summed E-state index contributed by atoms with van der Waals surface area (Å²) in [5, 5.41) is 3.94. The van der Waals surface area contributed by atoms with Gasteiger partial charge in [-0.1, -0.05) is 17.7 Å². The van der Waals surface area contributed by atoms with Crippen LogP contribution in [0.3, 0.4) is 0 Å². The molecule has 0 fully saturated rings. The van der Waals surface area contributed by atoms with Crippen molar-refractivity contribution in [3.8, 4) is 0 Å². The quantitative estimate of drug-likeness (QED) is 0.864. The molecular formula is C14H12BrClN2. The van der Waals surface area contributed by atoms with Crippen molar-refractivity contribution in [2.45, 2.75) is 19.3 Å². The number of anilines is 2. The monoisotopic (exact) mass is 322 g/mol. The highest BCUT2D eigenvalue weighted by atomic mass is 79.9. The number of aromatic nitrogens is 1. The third kappa shape index (κ3) is 2.38. The zero-order chi connectivity index (χ0) is 12.5. The fraction of sp³-hybridized carbons (Fsp3) is 0.214. The minimum Gasteiger partial charge on any atom is -0.339 e. The van der Waals surface area contributed by atoms with Crippen LogP contribution >= 0.6 is 27.5 Å². The van der Waals surface area contributed by atoms with Crippen molar-refractivity contribution >= 4 is 39.0 Å². The summed E-state index contributed by atoms with van der Waals surface area (Å²) in [6.07, 6.45) is 5.29. The number of nitrogens with zero attached hydrogens (tertiary/aromatic N) is 1. The first-order valence-electron chi connectivity index (χ1n) is 5.92. The Labute approximate surface area is 120 Å². The molecule has 1 N–H and O–H groups in total. The van der Waals surface area contributed by atoms with Gasteiger partial charge in [0.2, 0.25) is 0 Å². The lowest BCUT2D eigenvalue weighted by Crippen LogP contribution is -1.95. The smallest absolute Gasteiger partial charge is 0.144 e. The van der Waals surface area contributed by atoms with Crippen molar-refractivity contribution in [2.24, 2.45) is 0 Å². The second kappa shape index (κ2) is 4.90. The second-order valence-corrected chi connectivity index (χ2v) is 5.74. The lowest BCUT2D eigenvalue weighted by Gasteiger charge is -2.09. The van der Waals surface area contributed by atoms with Crippen LogP contribution in [0.5, 0.6) is 0 Å². The summed E-state index contributed by atoms with van der Waals surface area (Å²) in [4.78, 5) is 4.28. The van der Waals surface area contributed by atoms with E-state index < -0.39 is 0 Å². The van der Waals surface area contributed by atoms with E-state index in [4.69, 9.17) is 11.6 Å². The number of hydrogen-bond donors (Lipinski definition) is 1. The first-order valence-corrected chi connectivity index (χ1v) is 7.09. The molecule has 0 atom stereocenters. The zero-order valence-corrected chi connectivity index (χ0v) is 12.1. The molecule has 1 heterocycles. The van der Waals surface area contributed by atoms with E-state index in [0.29, 0.717) is 5.02 Å². The molecule has 2 nitrogen and oxygen atoms in total. The van der Waals surface area contributed by atoms with Gasteiger partial charge in [0.25, 0.3) is 0 Å². The van der Waals surface area contributed by atoms with E-state index in [9.17, 15) is 0 Å². The molecule has 92 valence electrons. The Morgan fingerprint density at radius 1 is 1.17 bits per heavy atom. The van der Waals surface area contributed by atoms with Crippen LogP contribution in [0.1, 0.15) is 17.5 Å². The van der Waals surface area contributed by atoms with E-state index in [-0.39, 0.29) is 0 Å². The SMILES string of the molecule is Clc1cnc(Nc2ccc3c(c2)CCC3)c(Br)c1. The van der Waals surface area contributed by atoms with Gasteiger partial charge in [0, 0.05) is 11.9 Å². The Morgan fingerprint density at radius 3 is 2.83 bits per heavy atom. The molecule has 0 aliphatic heterocycles. The summed E-state index contributed by atoms with van der Waals surface area (Å²) in [6, 6.07) is 8.36. The van der Waals surface area contributed by atoms with Gasteiger partial charge >= 0.3 is 0 Å². The average molecular weight is 324 g/mol. The van der Waals surface area contributed by atoms with Crippen molar-refractivity contribution < 1.29 is 0 Å². The van der Waals surface area contributed by atoms with Gasteiger partial charge in [-0.15, -0.1) is 0 Å². The number of nitrogens with one attached hydrogen (secondary N) is 1. The van der Waals surface area contributed by atoms with Crippen molar-refractivity contribution in [2.75, 3.05) is 5.32 Å². The molecule has 3 rings (SSSR count). The van der Waals surface area contributed by atoms with Gasteiger partial charge in [0.1, 0.15) is 5.82 Å². The first-order chi connectivity index (χ1) is 8.72. The van der Waals surface area contributed by atoms with E-state index in [1.165, 1.54) is 30.4 Å². The number of halogens is 2. The van der Waals surface area contributed by atoms with Crippen LogP contribution in [0.25, 0.3) is 0 Å². The maximum absolute atomic E-state index is 5.88. The average Bonchev–Trinajstić information content (AvgIpc) is 2.80. The molecule has 4 heteroatoms. The van der Waals surface area contributed by atoms with Crippen LogP contribution < -0.4 is 5.32 Å². The van der Waals surface area contributed by atoms with Crippen molar-refractivity contribution in [1.82, 2.24) is 4.98 Å². The summed E-state index contributed by atoms with van der Waals surface area (Å²) in [5.41, 5.74) is 4.00. The molecule has 1 aromatic heterocycles. The van der Waals surface area contributed by atoms with Gasteiger partial charge in [0.15, 0.2) is 0 Å². The Bertz CT molecular complexity index is 598. The summed E-state index contributed by atoms with van der Waals surface area (Å²) in [5.74, 6) is 0.789. The number of rotatable bonds is 2. The summed E-state index contributed by atoms with van der Waals surface area (Å²) in [7, 11) is 0. The predicted octanol–water partition coefficient (Wildman–Crippen LogP) is 4.73. The zero-order valence-electron chi connectivity index (χ0n) is 9.71. The summed E-state index contributed by atoms with van der Waals surface area (Å²) < 4.78 is 0.871. The van der Waals surface area contributed by atoms with E-state index in [0.717, 1.165) is 16.0 Å². The van der Waals surface area contributed by atoms with E-state index >= 15 is 0 Å². The van der Waals surface area contributed by atoms with Gasteiger partial charge in [-0.2, -0.15) is 0 Å². The van der Waals surface area contributed by atoms with Crippen LogP contribution in [0.2, 0.25) is 5.02 Å². The standard InChI is InChI=1S/C14H12BrClN2/c15-13-7-11(16)8-17-14(13)18-12-5-4-9-2-1-3-10(9)6-12/h4-8H,1-3H2,(H,17,18). The molecule has 0 bridgehead atoms. The molecule has 0 unspecified atom stereocenters. The van der Waals surface area contributed by atoms with Crippen LogP contribution in [0, 0.1) is 0 Å². The van der Waals surface area contributed by atoms with Gasteiger partial charge in [-0.05, 0) is 64.5 Å². The number of benzene rings is 1. The molecule has 2 aromatic rings. The minimum atomic E-state index is 0.626. The fourth-order valence-corrected chi connectivity index (χ4v) is 3.03. The van der Waals surface area contributed by atoms with Gasteiger partial charge in [0.05, 0.1) is 9.50 Å². The molecule has 0 amide bonds. The number of pyridine rings is 1. The highest BCUT2D eigenvalue weighted by Gasteiger charge is 2.11. The van der Waals surface area contributed by atoms with Crippen LogP contribution in [-0.2, 0) is 12.8 Å².